The molecule has 4 rings (SSSR count). The third-order valence-corrected chi connectivity index (χ3v) is 8.31. The number of nitrogens with two attached hydrogens (primary N) is 1. The summed E-state index contributed by atoms with van der Waals surface area (Å²) in [5.41, 5.74) is 8.27. The molecule has 1 aliphatic heterocycles. The quantitative estimate of drug-likeness (QED) is 0.214. The van der Waals surface area contributed by atoms with Crippen molar-refractivity contribution in [3.05, 3.63) is 94.6 Å². The Bertz CT molecular complexity index is 1570. The van der Waals surface area contributed by atoms with Crippen LogP contribution in [0.25, 0.3) is 0 Å². The number of hydrogen-bond donors (Lipinski definition) is 4. The maximum atomic E-state index is 14.2. The summed E-state index contributed by atoms with van der Waals surface area (Å²) in [5, 5.41) is 5.29. The van der Waals surface area contributed by atoms with Gasteiger partial charge in [-0.05, 0) is 60.6 Å². The summed E-state index contributed by atoms with van der Waals surface area (Å²) in [6, 6.07) is 16.7. The van der Waals surface area contributed by atoms with E-state index in [1.807, 2.05) is 12.1 Å². The van der Waals surface area contributed by atoms with E-state index < -0.39 is 39.2 Å². The molecule has 0 spiro atoms. The Kier molecular flexibility index (Phi) is 10.9. The highest BCUT2D eigenvalue weighted by Gasteiger charge is 2.29. The molecular weight excluding hydrogens is 588 g/mol. The van der Waals surface area contributed by atoms with Gasteiger partial charge < -0.3 is 16.4 Å². The lowest BCUT2D eigenvalue weighted by Crippen LogP contribution is -2.50. The summed E-state index contributed by atoms with van der Waals surface area (Å²) in [7, 11) is -3.31. The maximum Gasteiger partial charge on any atom is 0.319 e. The molecule has 236 valence electrons. The molecule has 3 aromatic rings. The van der Waals surface area contributed by atoms with Gasteiger partial charge in [0.1, 0.15) is 11.6 Å². The summed E-state index contributed by atoms with van der Waals surface area (Å²) in [6.07, 6.45) is 6.36. The van der Waals surface area contributed by atoms with E-state index in [2.05, 4.69) is 51.4 Å². The first-order valence-corrected chi connectivity index (χ1v) is 16.5. The third kappa shape index (κ3) is 9.48. The van der Waals surface area contributed by atoms with Crippen molar-refractivity contribution >= 4 is 33.3 Å². The van der Waals surface area contributed by atoms with Crippen LogP contribution in [-0.4, -0.2) is 50.1 Å². The van der Waals surface area contributed by atoms with E-state index in [0.29, 0.717) is 18.2 Å². The van der Waals surface area contributed by atoms with Crippen molar-refractivity contribution in [3.63, 3.8) is 0 Å². The fraction of sp³-hybridized carbons (Fsp3) is 0.375. The van der Waals surface area contributed by atoms with Crippen molar-refractivity contribution in [2.45, 2.75) is 64.1 Å². The number of amides is 3. The number of halogens is 2. The number of nitrogens with one attached hydrogen (secondary N) is 3. The highest BCUT2D eigenvalue weighted by atomic mass is 32.2. The average Bonchev–Trinajstić information content (AvgIpc) is 2.95. The van der Waals surface area contributed by atoms with E-state index in [1.54, 1.807) is 12.1 Å². The second-order valence-electron chi connectivity index (χ2n) is 11.3. The van der Waals surface area contributed by atoms with Crippen LogP contribution >= 0.6 is 0 Å². The Hall–Kier alpha value is -4.03. The van der Waals surface area contributed by atoms with Crippen LogP contribution in [0.2, 0.25) is 0 Å². The molecule has 0 radical (unpaired) electrons. The average molecular weight is 628 g/mol. The molecule has 5 N–H and O–H groups in total. The molecule has 3 aromatic carbocycles. The van der Waals surface area contributed by atoms with Gasteiger partial charge in [-0.3, -0.25) is 14.4 Å². The van der Waals surface area contributed by atoms with Crippen molar-refractivity contribution in [1.29, 1.82) is 0 Å². The van der Waals surface area contributed by atoms with Crippen LogP contribution in [0.4, 0.5) is 25.0 Å². The number of unbranched alkanes of at least 4 members (excludes halogenated alkanes) is 1. The zero-order chi connectivity index (χ0) is 31.9. The molecule has 12 heteroatoms. The molecule has 0 aromatic heterocycles. The Balaban J connectivity index is 1.33. The lowest BCUT2D eigenvalue weighted by molar-refractivity contribution is 0.0996. The second kappa shape index (κ2) is 14.6. The fourth-order valence-electron chi connectivity index (χ4n) is 5.49. The molecule has 2 unspecified atom stereocenters. The van der Waals surface area contributed by atoms with Gasteiger partial charge in [0.2, 0.25) is 10.0 Å². The SMILES string of the molecule is CCCCC1CC(NC(=O)Nc2cc(C(N)=O)c(F)cc2F)CCN1Cc1ccc(Cc2ccc(NS(C)(=O)=O)cc2)cc1. The van der Waals surface area contributed by atoms with Crippen LogP contribution in [-0.2, 0) is 23.0 Å². The molecule has 1 heterocycles. The molecule has 9 nitrogen and oxygen atoms in total. The Morgan fingerprint density at radius 3 is 2.23 bits per heavy atom. The highest BCUT2D eigenvalue weighted by Crippen LogP contribution is 2.25. The standard InChI is InChI=1S/C32H39F2N5O4S/c1-3-4-5-26-17-25(36-32(41)37-30-18-27(31(35)40)28(33)19-29(30)34)14-15-39(26)20-23-8-6-21(7-9-23)16-22-10-12-24(13-11-22)38-44(2,42)43/h6-13,18-19,25-26,38H,3-5,14-17,20H2,1-2H3,(H2,35,40)(H2,36,37,41). The normalized spacial score (nSPS) is 17.2. The molecule has 1 fully saturated rings. The molecule has 0 bridgehead atoms. The van der Waals surface area contributed by atoms with Gasteiger partial charge >= 0.3 is 6.03 Å². The van der Waals surface area contributed by atoms with Crippen LogP contribution < -0.4 is 21.1 Å². The fourth-order valence-corrected chi connectivity index (χ4v) is 6.06. The molecule has 2 atom stereocenters. The van der Waals surface area contributed by atoms with Gasteiger partial charge in [-0.2, -0.15) is 0 Å². The molecular formula is C32H39F2N5O4S. The number of benzene rings is 3. The minimum atomic E-state index is -3.31. The molecule has 3 amide bonds. The first-order valence-electron chi connectivity index (χ1n) is 14.6. The molecule has 0 aliphatic carbocycles. The van der Waals surface area contributed by atoms with Crippen LogP contribution in [0.15, 0.2) is 60.7 Å². The highest BCUT2D eigenvalue weighted by molar-refractivity contribution is 7.92. The lowest BCUT2D eigenvalue weighted by Gasteiger charge is -2.40. The van der Waals surface area contributed by atoms with Gasteiger partial charge in [0.15, 0.2) is 0 Å². The van der Waals surface area contributed by atoms with E-state index in [9.17, 15) is 26.8 Å². The van der Waals surface area contributed by atoms with Gasteiger partial charge in [0, 0.05) is 36.9 Å². The summed E-state index contributed by atoms with van der Waals surface area (Å²) < 4.78 is 53.3. The van der Waals surface area contributed by atoms with Crippen LogP contribution in [0, 0.1) is 11.6 Å². The van der Waals surface area contributed by atoms with Crippen LogP contribution in [0.1, 0.15) is 66.1 Å². The number of likely N-dealkylation sites (tertiary alicyclic amines) is 1. The topological polar surface area (TPSA) is 134 Å². The number of nitrogens with zero attached hydrogens (tertiary/aromatic N) is 1. The first-order chi connectivity index (χ1) is 20.9. The zero-order valence-corrected chi connectivity index (χ0v) is 25.7. The minimum absolute atomic E-state index is 0.131. The van der Waals surface area contributed by atoms with Crippen molar-refractivity contribution < 1.29 is 26.8 Å². The van der Waals surface area contributed by atoms with Gasteiger partial charge in [-0.25, -0.2) is 22.0 Å². The van der Waals surface area contributed by atoms with Crippen molar-refractivity contribution in [1.82, 2.24) is 10.2 Å². The van der Waals surface area contributed by atoms with E-state index in [-0.39, 0.29) is 17.8 Å². The second-order valence-corrected chi connectivity index (χ2v) is 13.1. The molecule has 1 aliphatic rings. The largest absolute Gasteiger partial charge is 0.366 e. The Morgan fingerprint density at radius 2 is 1.61 bits per heavy atom. The number of sulfonamides is 1. The summed E-state index contributed by atoms with van der Waals surface area (Å²) in [4.78, 5) is 26.5. The zero-order valence-electron chi connectivity index (χ0n) is 24.9. The summed E-state index contributed by atoms with van der Waals surface area (Å²) in [6.45, 7) is 3.68. The van der Waals surface area contributed by atoms with Gasteiger partial charge in [0.05, 0.1) is 17.5 Å². The minimum Gasteiger partial charge on any atom is -0.366 e. The number of carbonyl (C=O) groups is 2. The van der Waals surface area contributed by atoms with Crippen LogP contribution in [0.5, 0.6) is 0 Å². The number of carbonyl (C=O) groups excluding carboxylic acids is 2. The number of anilines is 2. The predicted octanol–water partition coefficient (Wildman–Crippen LogP) is 5.37. The number of rotatable bonds is 12. The summed E-state index contributed by atoms with van der Waals surface area (Å²) in [5.74, 6) is -3.13. The number of urea groups is 1. The Labute approximate surface area is 257 Å². The lowest BCUT2D eigenvalue weighted by atomic mass is 9.92. The van der Waals surface area contributed by atoms with Crippen molar-refractivity contribution in [2.75, 3.05) is 22.8 Å². The maximum absolute atomic E-state index is 14.2. The van der Waals surface area contributed by atoms with E-state index in [1.165, 1.54) is 5.56 Å². The van der Waals surface area contributed by atoms with Gasteiger partial charge in [-0.15, -0.1) is 0 Å². The smallest absolute Gasteiger partial charge is 0.319 e. The molecule has 44 heavy (non-hydrogen) atoms. The van der Waals surface area contributed by atoms with Gasteiger partial charge in [0.25, 0.3) is 5.91 Å². The number of primary amides is 1. The van der Waals surface area contributed by atoms with Crippen molar-refractivity contribution in [2.24, 2.45) is 5.73 Å². The Morgan fingerprint density at radius 1 is 0.977 bits per heavy atom. The van der Waals surface area contributed by atoms with E-state index in [0.717, 1.165) is 68.6 Å². The van der Waals surface area contributed by atoms with E-state index >= 15 is 0 Å². The van der Waals surface area contributed by atoms with Gasteiger partial charge in [-0.1, -0.05) is 56.2 Å². The monoisotopic (exact) mass is 627 g/mol. The van der Waals surface area contributed by atoms with Crippen LogP contribution in [0.3, 0.4) is 0 Å². The molecule has 1 saturated heterocycles. The van der Waals surface area contributed by atoms with E-state index in [4.69, 9.17) is 5.73 Å². The third-order valence-electron chi connectivity index (χ3n) is 7.71. The number of piperidine rings is 1. The summed E-state index contributed by atoms with van der Waals surface area (Å²) >= 11 is 0. The predicted molar refractivity (Wildman–Crippen MR) is 168 cm³/mol. The van der Waals surface area contributed by atoms with Crippen molar-refractivity contribution in [3.8, 4) is 0 Å². The number of hydrogen-bond acceptors (Lipinski definition) is 5. The first kappa shape index (κ1) is 32.9. The molecule has 0 saturated carbocycles.